The van der Waals surface area contributed by atoms with Crippen molar-refractivity contribution in [1.29, 1.82) is 0 Å². The molecule has 1 fully saturated rings. The number of allylic oxidation sites excluding steroid dienone is 2. The van der Waals surface area contributed by atoms with Crippen LogP contribution in [0.15, 0.2) is 54.6 Å². The molecule has 0 bridgehead atoms. The second-order valence-electron chi connectivity index (χ2n) is 11.1. The van der Waals surface area contributed by atoms with Crippen LogP contribution in [-0.2, 0) is 35.1 Å². The van der Waals surface area contributed by atoms with Crippen LogP contribution in [0, 0.1) is 22.0 Å². The second-order valence-corrected chi connectivity index (χ2v) is 11.1. The Balaban J connectivity index is 1.91. The van der Waals surface area contributed by atoms with Crippen LogP contribution in [0.4, 0.5) is 0 Å². The highest BCUT2D eigenvalue weighted by molar-refractivity contribution is 5.77. The lowest BCUT2D eigenvalue weighted by molar-refractivity contribution is -0.757. The van der Waals surface area contributed by atoms with E-state index in [0.717, 1.165) is 12.0 Å². The Morgan fingerprint density at radius 2 is 1.80 bits per heavy atom. The molecule has 2 rings (SSSR count). The van der Waals surface area contributed by atoms with Crippen molar-refractivity contribution < 1.29 is 44.0 Å². The zero-order chi connectivity index (χ0) is 32.9. The molecule has 12 heteroatoms. The number of carbonyl (C=O) groups excluding carboxylic acids is 3. The molecule has 0 radical (unpaired) electrons. The summed E-state index contributed by atoms with van der Waals surface area (Å²) in [6.45, 7) is 2.45. The Kier molecular flexibility index (Phi) is 18.2. The number of aliphatic hydroxyl groups excluding tert-OH is 2. The molecule has 0 saturated heterocycles. The van der Waals surface area contributed by atoms with Crippen molar-refractivity contribution in [1.82, 2.24) is 5.32 Å². The first-order valence-corrected chi connectivity index (χ1v) is 15.8. The Morgan fingerprint density at radius 3 is 2.53 bits per heavy atom. The summed E-state index contributed by atoms with van der Waals surface area (Å²) in [6, 6.07) is 9.84. The lowest BCUT2D eigenvalue weighted by Gasteiger charge is -2.22. The first-order chi connectivity index (χ1) is 21.7. The van der Waals surface area contributed by atoms with Crippen LogP contribution < -0.4 is 5.32 Å². The number of nitrogens with zero attached hydrogens (tertiary/aromatic N) is 1. The standard InChI is InChI=1S/C33H48N2O10/c1-2-34-31(38)15-9-4-3-8-14-27-28(19-18-26(36)17-16-25-12-6-5-7-13-25)30(24-29(27)37)45-33(40)21-20-32(39)43-22-10-11-23-44-35(41)42/h3,5-8,12-13,18-19,26-30,36-37H,2,4,9-11,14-17,20-24H2,1H3,(H,34,38)/t26-,27+,28+,29-,30+/m0/s1. The fraction of sp³-hybridized carbons (Fsp3) is 0.606. The van der Waals surface area contributed by atoms with Crippen molar-refractivity contribution in [2.45, 2.75) is 95.9 Å². The van der Waals surface area contributed by atoms with Gasteiger partial charge in [0.25, 0.3) is 5.09 Å². The first kappa shape index (κ1) is 37.4. The van der Waals surface area contributed by atoms with Gasteiger partial charge in [-0.05, 0) is 63.4 Å². The van der Waals surface area contributed by atoms with Crippen LogP contribution in [0.25, 0.3) is 0 Å². The van der Waals surface area contributed by atoms with Crippen LogP contribution in [0.3, 0.4) is 0 Å². The first-order valence-electron chi connectivity index (χ1n) is 15.8. The zero-order valence-electron chi connectivity index (χ0n) is 26.1. The topological polar surface area (TPSA) is 175 Å². The summed E-state index contributed by atoms with van der Waals surface area (Å²) in [6.07, 6.45) is 9.63. The van der Waals surface area contributed by atoms with Crippen LogP contribution >= 0.6 is 0 Å². The highest BCUT2D eigenvalue weighted by Crippen LogP contribution is 2.38. The number of amides is 1. The number of carbonyl (C=O) groups is 3. The average molecular weight is 633 g/mol. The summed E-state index contributed by atoms with van der Waals surface area (Å²) >= 11 is 0. The molecule has 0 spiro atoms. The third kappa shape index (κ3) is 16.2. The molecule has 1 aromatic carbocycles. The van der Waals surface area contributed by atoms with E-state index < -0.39 is 35.3 Å². The van der Waals surface area contributed by atoms with Gasteiger partial charge in [-0.25, -0.2) is 0 Å². The van der Waals surface area contributed by atoms with Gasteiger partial charge in [-0.2, -0.15) is 0 Å². The van der Waals surface area contributed by atoms with Crippen LogP contribution in [0.5, 0.6) is 0 Å². The van der Waals surface area contributed by atoms with Gasteiger partial charge in [-0.1, -0.05) is 54.6 Å². The summed E-state index contributed by atoms with van der Waals surface area (Å²) in [5, 5.41) is 33.6. The van der Waals surface area contributed by atoms with Crippen molar-refractivity contribution in [2.75, 3.05) is 19.8 Å². The molecule has 1 aliphatic carbocycles. The van der Waals surface area contributed by atoms with Gasteiger partial charge in [0.2, 0.25) is 5.91 Å². The molecule has 1 aromatic rings. The number of ether oxygens (including phenoxy) is 2. The molecule has 5 atom stereocenters. The highest BCUT2D eigenvalue weighted by atomic mass is 16.9. The largest absolute Gasteiger partial charge is 0.466 e. The quantitative estimate of drug-likeness (QED) is 0.0557. The molecule has 45 heavy (non-hydrogen) atoms. The molecule has 0 aliphatic heterocycles. The Bertz CT molecular complexity index is 1090. The summed E-state index contributed by atoms with van der Waals surface area (Å²) < 4.78 is 10.8. The maximum Gasteiger partial charge on any atom is 0.306 e. The molecule has 1 amide bonds. The summed E-state index contributed by atoms with van der Waals surface area (Å²) in [7, 11) is 0. The van der Waals surface area contributed by atoms with Gasteiger partial charge < -0.3 is 29.8 Å². The van der Waals surface area contributed by atoms with Crippen molar-refractivity contribution in [3.63, 3.8) is 0 Å². The Morgan fingerprint density at radius 1 is 1.07 bits per heavy atom. The fourth-order valence-corrected chi connectivity index (χ4v) is 5.19. The van der Waals surface area contributed by atoms with E-state index in [1.807, 2.05) is 55.5 Å². The number of benzene rings is 1. The number of aliphatic hydroxyl groups is 2. The Hall–Kier alpha value is -3.77. The molecule has 1 saturated carbocycles. The third-order valence-corrected chi connectivity index (χ3v) is 7.56. The number of hydrogen-bond donors (Lipinski definition) is 3. The van der Waals surface area contributed by atoms with Gasteiger partial charge >= 0.3 is 11.9 Å². The van der Waals surface area contributed by atoms with Crippen LogP contribution in [-0.4, -0.2) is 71.2 Å². The predicted octanol–water partition coefficient (Wildman–Crippen LogP) is 4.01. The van der Waals surface area contributed by atoms with Crippen LogP contribution in [0.1, 0.15) is 76.7 Å². The van der Waals surface area contributed by atoms with Crippen molar-refractivity contribution in [3.8, 4) is 0 Å². The van der Waals surface area contributed by atoms with E-state index in [9.17, 15) is 34.7 Å². The van der Waals surface area contributed by atoms with Crippen molar-refractivity contribution in [3.05, 3.63) is 70.3 Å². The number of unbranched alkanes of at least 4 members (excludes halogenated alkanes) is 2. The average Bonchev–Trinajstić information content (AvgIpc) is 3.30. The zero-order valence-corrected chi connectivity index (χ0v) is 26.1. The number of hydrogen-bond acceptors (Lipinski definition) is 10. The lowest BCUT2D eigenvalue weighted by Crippen LogP contribution is -2.25. The molecule has 12 nitrogen and oxygen atoms in total. The maximum atomic E-state index is 12.7. The van der Waals surface area contributed by atoms with Gasteiger partial charge in [0, 0.05) is 25.3 Å². The maximum absolute atomic E-state index is 12.7. The number of aryl methyl sites for hydroxylation is 1. The van der Waals surface area contributed by atoms with Crippen molar-refractivity contribution >= 4 is 17.8 Å². The minimum Gasteiger partial charge on any atom is -0.466 e. The number of esters is 2. The van der Waals surface area contributed by atoms with Gasteiger partial charge in [-0.3, -0.25) is 14.4 Å². The van der Waals surface area contributed by atoms with Gasteiger partial charge in [0.05, 0.1) is 38.3 Å². The van der Waals surface area contributed by atoms with E-state index in [1.54, 1.807) is 6.08 Å². The van der Waals surface area contributed by atoms with Gasteiger partial charge in [-0.15, -0.1) is 10.1 Å². The molecule has 0 heterocycles. The number of nitrogens with one attached hydrogen (secondary N) is 1. The van der Waals surface area contributed by atoms with Gasteiger partial charge in [0.1, 0.15) is 6.10 Å². The lowest BCUT2D eigenvalue weighted by atomic mass is 9.89. The second kappa shape index (κ2) is 21.9. The van der Waals surface area contributed by atoms with E-state index in [2.05, 4.69) is 10.2 Å². The monoisotopic (exact) mass is 632 g/mol. The molecular weight excluding hydrogens is 584 g/mol. The molecule has 0 unspecified atom stereocenters. The fourth-order valence-electron chi connectivity index (χ4n) is 5.19. The normalized spacial score (nSPS) is 20.2. The number of rotatable bonds is 22. The van der Waals surface area contributed by atoms with E-state index in [4.69, 9.17) is 9.47 Å². The summed E-state index contributed by atoms with van der Waals surface area (Å²) in [4.78, 5) is 50.7. The SMILES string of the molecule is CCNC(=O)CCCC=CC[C@@H]1[C@@H](C=C[C@@H](O)CCc2ccccc2)[C@H](OC(=O)CCC(=O)OCCCCO[N+](=O)[O-])C[C@@H]1O. The molecule has 250 valence electrons. The Labute approximate surface area is 264 Å². The van der Waals surface area contributed by atoms with E-state index in [-0.39, 0.29) is 50.2 Å². The highest BCUT2D eigenvalue weighted by Gasteiger charge is 2.42. The summed E-state index contributed by atoms with van der Waals surface area (Å²) in [5.41, 5.74) is 1.12. The van der Waals surface area contributed by atoms with E-state index in [1.165, 1.54) is 0 Å². The minimum atomic E-state index is -0.882. The van der Waals surface area contributed by atoms with Gasteiger partial charge in [0.15, 0.2) is 0 Å². The minimum absolute atomic E-state index is 0.0198. The summed E-state index contributed by atoms with van der Waals surface area (Å²) in [5.74, 6) is -1.74. The molecule has 3 N–H and O–H groups in total. The van der Waals surface area contributed by atoms with E-state index in [0.29, 0.717) is 51.5 Å². The predicted molar refractivity (Wildman–Crippen MR) is 166 cm³/mol. The van der Waals surface area contributed by atoms with E-state index >= 15 is 0 Å². The van der Waals surface area contributed by atoms with Crippen LogP contribution in [0.2, 0.25) is 0 Å². The van der Waals surface area contributed by atoms with Crippen molar-refractivity contribution in [2.24, 2.45) is 11.8 Å². The third-order valence-electron chi connectivity index (χ3n) is 7.56. The smallest absolute Gasteiger partial charge is 0.306 e. The molecule has 1 aliphatic rings. The molecular formula is C33H48N2O10. The molecule has 0 aromatic heterocycles.